The van der Waals surface area contributed by atoms with E-state index in [2.05, 4.69) is 6.92 Å². The fraction of sp³-hybridized carbons (Fsp3) is 0.800. The lowest BCUT2D eigenvalue weighted by molar-refractivity contribution is -0.135. The van der Waals surface area contributed by atoms with Crippen LogP contribution in [0.2, 0.25) is 0 Å². The number of nitrogens with zero attached hydrogens (tertiary/aromatic N) is 1. The van der Waals surface area contributed by atoms with Crippen molar-refractivity contribution in [3.8, 4) is 0 Å². The van der Waals surface area contributed by atoms with Gasteiger partial charge in [-0.25, -0.2) is 0 Å². The van der Waals surface area contributed by atoms with E-state index in [0.717, 1.165) is 17.7 Å². The maximum absolute atomic E-state index is 10.7. The van der Waals surface area contributed by atoms with Crippen LogP contribution in [0, 0.1) is 0 Å². The lowest BCUT2D eigenvalue weighted by atomic mass is 10.0. The van der Waals surface area contributed by atoms with Crippen LogP contribution in [0.5, 0.6) is 0 Å². The van der Waals surface area contributed by atoms with Gasteiger partial charge in [-0.15, -0.1) is 12.4 Å². The van der Waals surface area contributed by atoms with Gasteiger partial charge >= 0.3 is 0 Å². The first-order chi connectivity index (χ1) is 12.2. The largest absolute Gasteiger partial charge is 0.394 e. The number of hydrogen-bond donors (Lipinski definition) is 2. The molecule has 0 heterocycles. The Kier molecular flexibility index (Phi) is 21.4. The Bertz CT molecular complexity index is 345. The summed E-state index contributed by atoms with van der Waals surface area (Å²) in [5.74, 6) is 0. The number of allylic oxidation sites excluding steroid dienone is 1. The average molecular weight is 392 g/mol. The zero-order chi connectivity index (χ0) is 18.8. The summed E-state index contributed by atoms with van der Waals surface area (Å²) in [7, 11) is 0. The molecule has 0 unspecified atom stereocenters. The van der Waals surface area contributed by atoms with Crippen LogP contribution in [-0.4, -0.2) is 46.7 Å². The van der Waals surface area contributed by atoms with E-state index in [-0.39, 0.29) is 12.4 Å². The number of carbonyl (C=O) groups is 2. The van der Waals surface area contributed by atoms with Crippen LogP contribution < -0.4 is 0 Å². The maximum Gasteiger partial charge on any atom is 0.216 e. The van der Waals surface area contributed by atoms with Crippen molar-refractivity contribution in [2.24, 2.45) is 0 Å². The van der Waals surface area contributed by atoms with Gasteiger partial charge in [-0.2, -0.15) is 0 Å². The van der Waals surface area contributed by atoms with Crippen LogP contribution >= 0.6 is 12.4 Å². The molecule has 0 aliphatic heterocycles. The minimum absolute atomic E-state index is 0. The van der Waals surface area contributed by atoms with Crippen LogP contribution in [0.25, 0.3) is 0 Å². The van der Waals surface area contributed by atoms with Crippen molar-refractivity contribution in [3.63, 3.8) is 0 Å². The van der Waals surface area contributed by atoms with Crippen molar-refractivity contribution >= 4 is 25.2 Å². The smallest absolute Gasteiger partial charge is 0.216 e. The minimum Gasteiger partial charge on any atom is -0.394 e. The summed E-state index contributed by atoms with van der Waals surface area (Å²) in [4.78, 5) is 22.1. The van der Waals surface area contributed by atoms with E-state index >= 15 is 0 Å². The molecule has 0 aliphatic rings. The van der Waals surface area contributed by atoms with E-state index in [1.165, 1.54) is 64.2 Å². The first-order valence-corrected chi connectivity index (χ1v) is 9.84. The van der Waals surface area contributed by atoms with Gasteiger partial charge in [-0.3, -0.25) is 14.5 Å². The fourth-order valence-electron chi connectivity index (χ4n) is 2.85. The van der Waals surface area contributed by atoms with Gasteiger partial charge in [0.2, 0.25) is 12.8 Å². The summed E-state index contributed by atoms with van der Waals surface area (Å²) >= 11 is 0. The predicted octanol–water partition coefficient (Wildman–Crippen LogP) is 4.00. The number of imide groups is 1. The Morgan fingerprint density at radius 2 is 1.31 bits per heavy atom. The van der Waals surface area contributed by atoms with Crippen LogP contribution in [0.4, 0.5) is 0 Å². The van der Waals surface area contributed by atoms with Crippen molar-refractivity contribution in [2.75, 3.05) is 6.61 Å². The van der Waals surface area contributed by atoms with Crippen LogP contribution in [0.15, 0.2) is 12.2 Å². The van der Waals surface area contributed by atoms with Gasteiger partial charge in [0, 0.05) is 0 Å². The molecule has 0 aromatic heterocycles. The van der Waals surface area contributed by atoms with Crippen LogP contribution in [-0.2, 0) is 9.59 Å². The molecule has 0 radical (unpaired) electrons. The van der Waals surface area contributed by atoms with Gasteiger partial charge < -0.3 is 10.2 Å². The van der Waals surface area contributed by atoms with Crippen molar-refractivity contribution in [3.05, 3.63) is 12.2 Å². The Labute approximate surface area is 165 Å². The topological polar surface area (TPSA) is 77.8 Å². The Morgan fingerprint density at radius 3 is 1.73 bits per heavy atom. The van der Waals surface area contributed by atoms with E-state index in [1.807, 2.05) is 6.08 Å². The highest BCUT2D eigenvalue weighted by Crippen LogP contribution is 2.12. The molecule has 0 rings (SSSR count). The summed E-state index contributed by atoms with van der Waals surface area (Å²) < 4.78 is 0. The number of halogens is 1. The zero-order valence-electron chi connectivity index (χ0n) is 16.2. The molecule has 0 spiro atoms. The number of carbonyl (C=O) groups excluding carboxylic acids is 2. The van der Waals surface area contributed by atoms with E-state index in [9.17, 15) is 19.8 Å². The molecule has 5 nitrogen and oxygen atoms in total. The van der Waals surface area contributed by atoms with Gasteiger partial charge in [0.1, 0.15) is 0 Å². The molecule has 2 amide bonds. The molecule has 0 aromatic carbocycles. The Balaban J connectivity index is 0. The number of amides is 2. The van der Waals surface area contributed by atoms with Crippen LogP contribution in [0.3, 0.4) is 0 Å². The average Bonchev–Trinajstić information content (AvgIpc) is 2.63. The third-order valence-corrected chi connectivity index (χ3v) is 4.52. The first-order valence-electron chi connectivity index (χ1n) is 9.84. The maximum atomic E-state index is 10.7. The second kappa shape index (κ2) is 20.4. The molecule has 0 bridgehead atoms. The van der Waals surface area contributed by atoms with Crippen molar-refractivity contribution in [2.45, 2.75) is 96.1 Å². The lowest BCUT2D eigenvalue weighted by Crippen LogP contribution is -2.44. The summed E-state index contributed by atoms with van der Waals surface area (Å²) in [6, 6.07) is -0.913. The number of hydrogen-bond acceptors (Lipinski definition) is 4. The number of unbranched alkanes of at least 4 members (excludes halogenated alkanes) is 11. The zero-order valence-corrected chi connectivity index (χ0v) is 17.0. The summed E-state index contributed by atoms with van der Waals surface area (Å²) in [6.45, 7) is 1.79. The second-order valence-electron chi connectivity index (χ2n) is 6.65. The number of rotatable bonds is 18. The standard InChI is InChI=1S/C20H37NO4.ClH/c1-2-3-4-5-6-7-8-9-10-11-12-13-14-15-20(25)19(16-22)21(17-23)18-24;/h14-15,17-20,22,25H,2-13,16H2,1H3;1H/b15-14+;/t19-,20+;/m0./s1. The lowest BCUT2D eigenvalue weighted by Gasteiger charge is -2.23. The normalized spacial score (nSPS) is 13.2. The molecule has 0 fully saturated rings. The monoisotopic (exact) mass is 391 g/mol. The highest BCUT2D eigenvalue weighted by atomic mass is 35.5. The van der Waals surface area contributed by atoms with Gasteiger partial charge in [0.15, 0.2) is 0 Å². The molecule has 26 heavy (non-hydrogen) atoms. The van der Waals surface area contributed by atoms with E-state index in [1.54, 1.807) is 6.08 Å². The van der Waals surface area contributed by atoms with Gasteiger partial charge in [0.05, 0.1) is 18.8 Å². The molecule has 0 aliphatic carbocycles. The third-order valence-electron chi connectivity index (χ3n) is 4.52. The molecule has 2 atom stereocenters. The second-order valence-corrected chi connectivity index (χ2v) is 6.65. The van der Waals surface area contributed by atoms with Gasteiger partial charge in [-0.05, 0) is 12.8 Å². The van der Waals surface area contributed by atoms with E-state index < -0.39 is 18.8 Å². The SMILES string of the molecule is CCCCCCCCCCCCC/C=C/[C@@H](O)[C@H](CO)N(C=O)C=O.Cl. The fourth-order valence-corrected chi connectivity index (χ4v) is 2.85. The highest BCUT2D eigenvalue weighted by Gasteiger charge is 2.22. The summed E-state index contributed by atoms with van der Waals surface area (Å²) in [5.41, 5.74) is 0. The predicted molar refractivity (Wildman–Crippen MR) is 108 cm³/mol. The van der Waals surface area contributed by atoms with Gasteiger partial charge in [0.25, 0.3) is 0 Å². The minimum atomic E-state index is -1.03. The molecule has 6 heteroatoms. The van der Waals surface area contributed by atoms with E-state index in [4.69, 9.17) is 0 Å². The van der Waals surface area contributed by atoms with Crippen LogP contribution in [0.1, 0.15) is 84.0 Å². The Hall–Kier alpha value is -0.910. The molecule has 0 saturated heterocycles. The van der Waals surface area contributed by atoms with Crippen molar-refractivity contribution in [1.82, 2.24) is 4.90 Å². The van der Waals surface area contributed by atoms with Crippen molar-refractivity contribution in [1.29, 1.82) is 0 Å². The van der Waals surface area contributed by atoms with E-state index in [0.29, 0.717) is 12.8 Å². The van der Waals surface area contributed by atoms with Crippen molar-refractivity contribution < 1.29 is 19.8 Å². The third kappa shape index (κ3) is 14.3. The summed E-state index contributed by atoms with van der Waals surface area (Å²) in [6.07, 6.45) is 18.1. The first kappa shape index (κ1) is 27.3. The number of aliphatic hydroxyl groups is 2. The highest BCUT2D eigenvalue weighted by molar-refractivity contribution is 5.85. The van der Waals surface area contributed by atoms with Gasteiger partial charge in [-0.1, -0.05) is 83.3 Å². The quantitative estimate of drug-likeness (QED) is 0.210. The number of aliphatic hydroxyl groups excluding tert-OH is 2. The molecule has 0 saturated carbocycles. The molecule has 2 N–H and O–H groups in total. The molecule has 154 valence electrons. The summed E-state index contributed by atoms with van der Waals surface area (Å²) in [5, 5.41) is 19.1. The molecule has 0 aromatic rings. The molecular formula is C20H38ClNO4. The molecular weight excluding hydrogens is 354 g/mol. The Morgan fingerprint density at radius 1 is 0.846 bits per heavy atom.